The second-order valence-corrected chi connectivity index (χ2v) is 7.28. The molecule has 2 aliphatic heterocycles. The summed E-state index contributed by atoms with van der Waals surface area (Å²) in [6.07, 6.45) is 0.628. The van der Waals surface area contributed by atoms with Crippen LogP contribution in [0.25, 0.3) is 0 Å². The van der Waals surface area contributed by atoms with E-state index in [4.69, 9.17) is 0 Å². The topological polar surface area (TPSA) is 49.4 Å². The van der Waals surface area contributed by atoms with Crippen molar-refractivity contribution in [3.63, 3.8) is 0 Å². The lowest BCUT2D eigenvalue weighted by Crippen LogP contribution is -2.46. The van der Waals surface area contributed by atoms with Crippen LogP contribution in [0.4, 0.5) is 4.39 Å². The molecule has 2 unspecified atom stereocenters. The quantitative estimate of drug-likeness (QED) is 0.916. The molecule has 0 radical (unpaired) electrons. The molecule has 2 aliphatic rings. The lowest BCUT2D eigenvalue weighted by molar-refractivity contribution is -0.124. The zero-order valence-corrected chi connectivity index (χ0v) is 14.3. The fourth-order valence-electron chi connectivity index (χ4n) is 3.34. The largest absolute Gasteiger partial charge is 0.354 e. The van der Waals surface area contributed by atoms with E-state index in [1.54, 1.807) is 28.8 Å². The predicted octanol–water partition coefficient (Wildman–Crippen LogP) is 2.75. The van der Waals surface area contributed by atoms with Crippen molar-refractivity contribution in [2.24, 2.45) is 0 Å². The van der Waals surface area contributed by atoms with Crippen LogP contribution in [-0.2, 0) is 11.2 Å². The fourth-order valence-corrected chi connectivity index (χ4v) is 4.81. The standard InChI is InChI=1S/C19H17FN2O2S/c20-13-7-5-12(6-8-13)9-10-21-17(23)16-11-25-19-15-4-2-1-3-14(15)18(24)22(16)19/h1-8,16,19H,9-11H2,(H,21,23). The third-order valence-corrected chi connectivity index (χ3v) is 5.93. The summed E-state index contributed by atoms with van der Waals surface area (Å²) in [5, 5.41) is 2.85. The van der Waals surface area contributed by atoms with Gasteiger partial charge in [0.2, 0.25) is 5.91 Å². The number of carbonyl (C=O) groups excluding carboxylic acids is 2. The Labute approximate surface area is 149 Å². The normalized spacial score (nSPS) is 21.2. The zero-order valence-electron chi connectivity index (χ0n) is 13.4. The highest BCUT2D eigenvalue weighted by atomic mass is 32.2. The SMILES string of the molecule is O=C(NCCc1ccc(F)cc1)C1CSC2c3ccccc3C(=O)N12. The van der Waals surface area contributed by atoms with Crippen LogP contribution in [0.15, 0.2) is 48.5 Å². The molecule has 0 saturated carbocycles. The van der Waals surface area contributed by atoms with Crippen LogP contribution in [-0.4, -0.2) is 35.1 Å². The zero-order chi connectivity index (χ0) is 17.4. The Bertz CT molecular complexity index is 824. The van der Waals surface area contributed by atoms with Crippen molar-refractivity contribution in [1.29, 1.82) is 0 Å². The molecule has 2 aromatic rings. The van der Waals surface area contributed by atoms with Crippen LogP contribution >= 0.6 is 11.8 Å². The molecule has 2 atom stereocenters. The smallest absolute Gasteiger partial charge is 0.256 e. The minimum Gasteiger partial charge on any atom is -0.354 e. The predicted molar refractivity (Wildman–Crippen MR) is 94.7 cm³/mol. The molecule has 1 saturated heterocycles. The fraction of sp³-hybridized carbons (Fsp3) is 0.263. The minimum absolute atomic E-state index is 0.0588. The molecule has 2 heterocycles. The van der Waals surface area contributed by atoms with E-state index >= 15 is 0 Å². The summed E-state index contributed by atoms with van der Waals surface area (Å²) in [7, 11) is 0. The van der Waals surface area contributed by atoms with Crippen molar-refractivity contribution in [1.82, 2.24) is 10.2 Å². The number of nitrogens with one attached hydrogen (secondary N) is 1. The van der Waals surface area contributed by atoms with Gasteiger partial charge in [0, 0.05) is 17.9 Å². The van der Waals surface area contributed by atoms with Crippen molar-refractivity contribution in [2.45, 2.75) is 17.8 Å². The minimum atomic E-state index is -0.442. The number of rotatable bonds is 4. The summed E-state index contributed by atoms with van der Waals surface area (Å²) in [4.78, 5) is 26.9. The molecule has 4 rings (SSSR count). The van der Waals surface area contributed by atoms with E-state index < -0.39 is 6.04 Å². The first-order valence-corrected chi connectivity index (χ1v) is 9.25. The number of fused-ring (bicyclic) bond motifs is 3. The van der Waals surface area contributed by atoms with E-state index in [0.717, 1.165) is 11.1 Å². The number of thioether (sulfide) groups is 1. The first kappa shape index (κ1) is 16.1. The summed E-state index contributed by atoms with van der Waals surface area (Å²) in [6, 6.07) is 13.4. The molecule has 0 aromatic heterocycles. The molecule has 0 aliphatic carbocycles. The number of nitrogens with zero attached hydrogens (tertiary/aromatic N) is 1. The van der Waals surface area contributed by atoms with Gasteiger partial charge in [-0.2, -0.15) is 0 Å². The van der Waals surface area contributed by atoms with Crippen molar-refractivity contribution in [3.05, 3.63) is 71.0 Å². The summed E-state index contributed by atoms with van der Waals surface area (Å²) < 4.78 is 12.9. The lowest BCUT2D eigenvalue weighted by atomic mass is 10.1. The Kier molecular flexibility index (Phi) is 4.21. The number of amides is 2. The van der Waals surface area contributed by atoms with Crippen molar-refractivity contribution in [2.75, 3.05) is 12.3 Å². The van der Waals surface area contributed by atoms with Crippen molar-refractivity contribution < 1.29 is 14.0 Å². The summed E-state index contributed by atoms with van der Waals surface area (Å²) >= 11 is 1.63. The molecule has 25 heavy (non-hydrogen) atoms. The Morgan fingerprint density at radius 2 is 1.96 bits per heavy atom. The summed E-state index contributed by atoms with van der Waals surface area (Å²) in [5.74, 6) is 0.143. The molecule has 4 nitrogen and oxygen atoms in total. The van der Waals surface area contributed by atoms with E-state index in [2.05, 4.69) is 5.32 Å². The second-order valence-electron chi connectivity index (χ2n) is 6.17. The van der Waals surface area contributed by atoms with Gasteiger partial charge in [0.1, 0.15) is 17.2 Å². The number of hydrogen-bond acceptors (Lipinski definition) is 3. The van der Waals surface area contributed by atoms with Crippen LogP contribution in [0.5, 0.6) is 0 Å². The van der Waals surface area contributed by atoms with Crippen LogP contribution in [0.1, 0.15) is 26.9 Å². The number of carbonyl (C=O) groups is 2. The van der Waals surface area contributed by atoms with E-state index in [1.165, 1.54) is 12.1 Å². The lowest BCUT2D eigenvalue weighted by Gasteiger charge is -2.22. The summed E-state index contributed by atoms with van der Waals surface area (Å²) in [6.45, 7) is 0.464. The van der Waals surface area contributed by atoms with Gasteiger partial charge in [-0.1, -0.05) is 30.3 Å². The van der Waals surface area contributed by atoms with Gasteiger partial charge in [-0.3, -0.25) is 9.59 Å². The Morgan fingerprint density at radius 3 is 2.76 bits per heavy atom. The van der Waals surface area contributed by atoms with E-state index in [-0.39, 0.29) is 23.0 Å². The molecule has 128 valence electrons. The third kappa shape index (κ3) is 2.91. The van der Waals surface area contributed by atoms with Gasteiger partial charge < -0.3 is 10.2 Å². The highest BCUT2D eigenvalue weighted by Crippen LogP contribution is 2.47. The monoisotopic (exact) mass is 356 g/mol. The van der Waals surface area contributed by atoms with Gasteiger partial charge in [0.15, 0.2) is 0 Å². The average Bonchev–Trinajstić information content (AvgIpc) is 3.18. The summed E-state index contributed by atoms with van der Waals surface area (Å²) in [5.41, 5.74) is 2.66. The molecule has 0 spiro atoms. The van der Waals surface area contributed by atoms with Crippen molar-refractivity contribution in [3.8, 4) is 0 Å². The molecule has 6 heteroatoms. The van der Waals surface area contributed by atoms with E-state index in [1.807, 2.05) is 24.3 Å². The van der Waals surface area contributed by atoms with Gasteiger partial charge in [-0.15, -0.1) is 11.8 Å². The van der Waals surface area contributed by atoms with Gasteiger partial charge in [-0.25, -0.2) is 4.39 Å². The van der Waals surface area contributed by atoms with Crippen molar-refractivity contribution >= 4 is 23.6 Å². The Morgan fingerprint density at radius 1 is 1.20 bits per heavy atom. The average molecular weight is 356 g/mol. The molecule has 1 N–H and O–H groups in total. The maximum atomic E-state index is 12.9. The van der Waals surface area contributed by atoms with Crippen LogP contribution < -0.4 is 5.32 Å². The first-order valence-electron chi connectivity index (χ1n) is 8.20. The molecule has 0 bridgehead atoms. The van der Waals surface area contributed by atoms with E-state index in [9.17, 15) is 14.0 Å². The van der Waals surface area contributed by atoms with Crippen LogP contribution in [0.3, 0.4) is 0 Å². The van der Waals surface area contributed by atoms with Gasteiger partial charge in [-0.05, 0) is 35.7 Å². The Balaban J connectivity index is 1.39. The van der Waals surface area contributed by atoms with E-state index in [0.29, 0.717) is 24.3 Å². The molecule has 2 amide bonds. The maximum absolute atomic E-state index is 12.9. The van der Waals surface area contributed by atoms with Crippen LogP contribution in [0, 0.1) is 5.82 Å². The molecular weight excluding hydrogens is 339 g/mol. The highest BCUT2D eigenvalue weighted by molar-refractivity contribution is 7.99. The molecular formula is C19H17FN2O2S. The van der Waals surface area contributed by atoms with Gasteiger partial charge in [0.05, 0.1) is 0 Å². The van der Waals surface area contributed by atoms with Gasteiger partial charge >= 0.3 is 0 Å². The third-order valence-electron chi connectivity index (χ3n) is 4.62. The number of halogens is 1. The van der Waals surface area contributed by atoms with Gasteiger partial charge in [0.25, 0.3) is 5.91 Å². The molecule has 1 fully saturated rings. The molecule has 2 aromatic carbocycles. The highest BCUT2D eigenvalue weighted by Gasteiger charge is 2.48. The van der Waals surface area contributed by atoms with Crippen LogP contribution in [0.2, 0.25) is 0 Å². The Hall–Kier alpha value is -2.34. The first-order chi connectivity index (χ1) is 12.1. The second kappa shape index (κ2) is 6.52. The number of benzene rings is 2. The maximum Gasteiger partial charge on any atom is 0.256 e. The number of hydrogen-bond donors (Lipinski definition) is 1.